The molecular weight excluding hydrogens is 328 g/mol. The summed E-state index contributed by atoms with van der Waals surface area (Å²) < 4.78 is 5.15. The summed E-state index contributed by atoms with van der Waals surface area (Å²) in [6, 6.07) is 15.3. The van der Waals surface area contributed by atoms with E-state index in [9.17, 15) is 9.59 Å². The largest absolute Gasteiger partial charge is 0.497 e. The van der Waals surface area contributed by atoms with Crippen molar-refractivity contribution in [2.75, 3.05) is 12.4 Å². The average Bonchev–Trinajstić information content (AvgIpc) is 2.60. The summed E-state index contributed by atoms with van der Waals surface area (Å²) in [7, 11) is 1.63. The van der Waals surface area contributed by atoms with Gasteiger partial charge in [-0.05, 0) is 48.2 Å². The van der Waals surface area contributed by atoms with Crippen molar-refractivity contribution in [3.63, 3.8) is 0 Å². The molecule has 5 heteroatoms. The number of hydrogen-bond acceptors (Lipinski definition) is 3. The molecule has 0 unspecified atom stereocenters. The van der Waals surface area contributed by atoms with Gasteiger partial charge in [-0.3, -0.25) is 9.59 Å². The highest BCUT2D eigenvalue weighted by Crippen LogP contribution is 2.44. The molecule has 0 heterocycles. The van der Waals surface area contributed by atoms with Crippen molar-refractivity contribution in [2.45, 2.75) is 38.1 Å². The first kappa shape index (κ1) is 18.0. The smallest absolute Gasteiger partial charge is 0.230 e. The van der Waals surface area contributed by atoms with Crippen molar-refractivity contribution < 1.29 is 14.3 Å². The van der Waals surface area contributed by atoms with Crippen molar-refractivity contribution in [3.05, 3.63) is 59.7 Å². The molecule has 2 N–H and O–H groups in total. The van der Waals surface area contributed by atoms with E-state index in [-0.39, 0.29) is 11.8 Å². The molecule has 0 radical (unpaired) electrons. The molecule has 1 saturated carbocycles. The maximum Gasteiger partial charge on any atom is 0.230 e. The van der Waals surface area contributed by atoms with Crippen LogP contribution in [0.2, 0.25) is 0 Å². The molecule has 26 heavy (non-hydrogen) atoms. The average molecular weight is 352 g/mol. The Kier molecular flexibility index (Phi) is 5.26. The normalized spacial score (nSPS) is 14.8. The van der Waals surface area contributed by atoms with Crippen molar-refractivity contribution in [1.82, 2.24) is 5.32 Å². The highest BCUT2D eigenvalue weighted by Gasteiger charge is 2.45. The Morgan fingerprint density at radius 3 is 2.19 bits per heavy atom. The highest BCUT2D eigenvalue weighted by molar-refractivity contribution is 5.90. The second-order valence-electron chi connectivity index (χ2n) is 6.72. The van der Waals surface area contributed by atoms with Gasteiger partial charge in [0.1, 0.15) is 5.75 Å². The molecule has 0 saturated heterocycles. The number of anilines is 1. The number of rotatable bonds is 6. The summed E-state index contributed by atoms with van der Waals surface area (Å²) in [5.41, 5.74) is 2.33. The minimum atomic E-state index is -0.457. The Hall–Kier alpha value is -2.82. The van der Waals surface area contributed by atoms with Crippen LogP contribution in [-0.4, -0.2) is 18.9 Å². The van der Waals surface area contributed by atoms with Crippen LogP contribution < -0.4 is 15.4 Å². The van der Waals surface area contributed by atoms with Crippen LogP contribution in [0, 0.1) is 0 Å². The maximum absolute atomic E-state index is 12.9. The fourth-order valence-corrected chi connectivity index (χ4v) is 3.35. The summed E-state index contributed by atoms with van der Waals surface area (Å²) in [4.78, 5) is 24.0. The molecule has 0 aliphatic heterocycles. The molecule has 0 aromatic heterocycles. The molecule has 1 fully saturated rings. The zero-order valence-electron chi connectivity index (χ0n) is 15.2. The van der Waals surface area contributed by atoms with Crippen molar-refractivity contribution in [2.24, 2.45) is 0 Å². The van der Waals surface area contributed by atoms with Gasteiger partial charge in [-0.1, -0.05) is 30.7 Å². The number of methoxy groups -OCH3 is 1. The van der Waals surface area contributed by atoms with Gasteiger partial charge in [0.05, 0.1) is 12.5 Å². The Morgan fingerprint density at radius 2 is 1.69 bits per heavy atom. The van der Waals surface area contributed by atoms with Gasteiger partial charge in [-0.25, -0.2) is 0 Å². The van der Waals surface area contributed by atoms with Crippen LogP contribution in [0.25, 0.3) is 0 Å². The SMILES string of the molecule is COc1ccc(CNC(=O)C2(c3ccc(NC(C)=O)cc3)CCC2)cc1. The number of carbonyl (C=O) groups is 2. The first-order valence-electron chi connectivity index (χ1n) is 8.83. The Morgan fingerprint density at radius 1 is 1.04 bits per heavy atom. The maximum atomic E-state index is 12.9. The summed E-state index contributed by atoms with van der Waals surface area (Å²) in [5.74, 6) is 0.759. The van der Waals surface area contributed by atoms with Gasteiger partial charge in [0.2, 0.25) is 11.8 Å². The molecule has 3 rings (SSSR count). The molecule has 2 aromatic rings. The van der Waals surface area contributed by atoms with E-state index in [4.69, 9.17) is 4.74 Å². The van der Waals surface area contributed by atoms with Crippen LogP contribution in [0.5, 0.6) is 5.75 Å². The third kappa shape index (κ3) is 3.72. The van der Waals surface area contributed by atoms with Gasteiger partial charge in [0.25, 0.3) is 0 Å². The van der Waals surface area contributed by atoms with Gasteiger partial charge in [0, 0.05) is 19.2 Å². The van der Waals surface area contributed by atoms with E-state index in [1.54, 1.807) is 7.11 Å². The van der Waals surface area contributed by atoms with Crippen LogP contribution in [0.15, 0.2) is 48.5 Å². The van der Waals surface area contributed by atoms with Gasteiger partial charge in [0.15, 0.2) is 0 Å². The van der Waals surface area contributed by atoms with Gasteiger partial charge >= 0.3 is 0 Å². The molecular formula is C21H24N2O3. The highest BCUT2D eigenvalue weighted by atomic mass is 16.5. The molecule has 0 bridgehead atoms. The Bertz CT molecular complexity index is 778. The zero-order chi connectivity index (χ0) is 18.6. The summed E-state index contributed by atoms with van der Waals surface area (Å²) in [6.45, 7) is 1.97. The first-order valence-corrected chi connectivity index (χ1v) is 8.83. The van der Waals surface area contributed by atoms with Crippen LogP contribution >= 0.6 is 0 Å². The van der Waals surface area contributed by atoms with E-state index in [0.717, 1.165) is 41.8 Å². The minimum Gasteiger partial charge on any atom is -0.497 e. The molecule has 0 spiro atoms. The third-order valence-electron chi connectivity index (χ3n) is 5.01. The molecule has 136 valence electrons. The second kappa shape index (κ2) is 7.60. The third-order valence-corrected chi connectivity index (χ3v) is 5.01. The lowest BCUT2D eigenvalue weighted by Crippen LogP contribution is -2.48. The van der Waals surface area contributed by atoms with Crippen LogP contribution in [0.1, 0.15) is 37.3 Å². The van der Waals surface area contributed by atoms with E-state index in [0.29, 0.717) is 6.54 Å². The summed E-state index contributed by atoms with van der Waals surface area (Å²) in [5, 5.41) is 5.83. The lowest BCUT2D eigenvalue weighted by molar-refractivity contribution is -0.130. The summed E-state index contributed by atoms with van der Waals surface area (Å²) in [6.07, 6.45) is 2.74. The standard InChI is InChI=1S/C21H24N2O3/c1-15(24)23-18-8-6-17(7-9-18)21(12-3-13-21)20(25)22-14-16-4-10-19(26-2)11-5-16/h4-11H,3,12-14H2,1-2H3,(H,22,25)(H,23,24). The molecule has 2 aromatic carbocycles. The number of carbonyl (C=O) groups excluding carboxylic acids is 2. The summed E-state index contributed by atoms with van der Waals surface area (Å²) >= 11 is 0. The van der Waals surface area contributed by atoms with Crippen molar-refractivity contribution in [1.29, 1.82) is 0 Å². The van der Waals surface area contributed by atoms with Crippen LogP contribution in [0.3, 0.4) is 0 Å². The van der Waals surface area contributed by atoms with Crippen molar-refractivity contribution >= 4 is 17.5 Å². The molecule has 0 atom stereocenters. The number of ether oxygens (including phenoxy) is 1. The number of nitrogens with one attached hydrogen (secondary N) is 2. The zero-order valence-corrected chi connectivity index (χ0v) is 15.2. The molecule has 5 nitrogen and oxygen atoms in total. The van der Waals surface area contributed by atoms with E-state index in [1.165, 1.54) is 6.92 Å². The second-order valence-corrected chi connectivity index (χ2v) is 6.72. The van der Waals surface area contributed by atoms with E-state index >= 15 is 0 Å². The van der Waals surface area contributed by atoms with Gasteiger partial charge < -0.3 is 15.4 Å². The predicted octanol–water partition coefficient (Wildman–Crippen LogP) is 3.39. The molecule has 2 amide bonds. The first-order chi connectivity index (χ1) is 12.5. The Balaban J connectivity index is 1.68. The fraction of sp³-hybridized carbons (Fsp3) is 0.333. The van der Waals surface area contributed by atoms with Crippen LogP contribution in [-0.2, 0) is 21.5 Å². The topological polar surface area (TPSA) is 67.4 Å². The lowest BCUT2D eigenvalue weighted by atomic mass is 9.63. The number of amides is 2. The fourth-order valence-electron chi connectivity index (χ4n) is 3.35. The quantitative estimate of drug-likeness (QED) is 0.837. The van der Waals surface area contributed by atoms with E-state index < -0.39 is 5.41 Å². The van der Waals surface area contributed by atoms with Gasteiger partial charge in [-0.15, -0.1) is 0 Å². The number of hydrogen-bond donors (Lipinski definition) is 2. The minimum absolute atomic E-state index is 0.0619. The van der Waals surface area contributed by atoms with Gasteiger partial charge in [-0.2, -0.15) is 0 Å². The number of benzene rings is 2. The monoisotopic (exact) mass is 352 g/mol. The molecule has 1 aliphatic carbocycles. The van der Waals surface area contributed by atoms with Crippen LogP contribution in [0.4, 0.5) is 5.69 Å². The molecule has 1 aliphatic rings. The van der Waals surface area contributed by atoms with E-state index in [2.05, 4.69) is 10.6 Å². The predicted molar refractivity (Wildman–Crippen MR) is 101 cm³/mol. The van der Waals surface area contributed by atoms with E-state index in [1.807, 2.05) is 48.5 Å². The Labute approximate surface area is 153 Å². The van der Waals surface area contributed by atoms with Crippen molar-refractivity contribution in [3.8, 4) is 5.75 Å². The lowest BCUT2D eigenvalue weighted by Gasteiger charge is -2.40.